The summed E-state index contributed by atoms with van der Waals surface area (Å²) >= 11 is 3.44. The summed E-state index contributed by atoms with van der Waals surface area (Å²) in [7, 11) is 1.58. The van der Waals surface area contributed by atoms with Crippen LogP contribution in [0.1, 0.15) is 27.6 Å². The summed E-state index contributed by atoms with van der Waals surface area (Å²) in [6, 6.07) is 8.89. The van der Waals surface area contributed by atoms with E-state index in [1.807, 2.05) is 23.1 Å². The van der Waals surface area contributed by atoms with Crippen LogP contribution in [0.5, 0.6) is 5.75 Å². The van der Waals surface area contributed by atoms with E-state index in [1.165, 1.54) is 6.20 Å². The summed E-state index contributed by atoms with van der Waals surface area (Å²) in [5, 5.41) is 0. The van der Waals surface area contributed by atoms with Gasteiger partial charge in [0.05, 0.1) is 24.8 Å². The minimum atomic E-state index is -0.374. The first-order valence-corrected chi connectivity index (χ1v) is 9.83. The Balaban J connectivity index is 1.63. The molecule has 8 heteroatoms. The molecule has 1 aromatic heterocycles. The first-order valence-electron chi connectivity index (χ1n) is 9.04. The molecule has 1 aliphatic rings. The number of ether oxygens (including phenoxy) is 2. The first kappa shape index (κ1) is 20.1. The number of pyridine rings is 1. The van der Waals surface area contributed by atoms with E-state index < -0.39 is 0 Å². The van der Waals surface area contributed by atoms with Gasteiger partial charge < -0.3 is 19.3 Å². The quantitative estimate of drug-likeness (QED) is 0.656. The Morgan fingerprint density at radius 1 is 1.14 bits per heavy atom. The Kier molecular flexibility index (Phi) is 6.51. The van der Waals surface area contributed by atoms with Crippen LogP contribution in [0.3, 0.4) is 0 Å². The predicted octanol–water partition coefficient (Wildman–Crippen LogP) is 2.99. The highest BCUT2D eigenvalue weighted by molar-refractivity contribution is 9.10. The largest absolute Gasteiger partial charge is 0.497 e. The number of nitrogens with zero attached hydrogens (tertiary/aromatic N) is 3. The summed E-state index contributed by atoms with van der Waals surface area (Å²) in [6.45, 7) is 4.61. The molecule has 148 valence electrons. The van der Waals surface area contributed by atoms with Gasteiger partial charge in [0.25, 0.3) is 5.91 Å². The van der Waals surface area contributed by atoms with E-state index >= 15 is 0 Å². The number of hydrogen-bond donors (Lipinski definition) is 0. The molecule has 1 aromatic carbocycles. The number of anilines is 1. The first-order chi connectivity index (χ1) is 13.5. The van der Waals surface area contributed by atoms with Gasteiger partial charge >= 0.3 is 5.97 Å². The molecule has 0 spiro atoms. The van der Waals surface area contributed by atoms with Gasteiger partial charge in [0, 0.05) is 36.8 Å². The van der Waals surface area contributed by atoms with Crippen molar-refractivity contribution in [2.24, 2.45) is 0 Å². The van der Waals surface area contributed by atoms with Crippen molar-refractivity contribution in [3.05, 3.63) is 52.1 Å². The average Bonchev–Trinajstić information content (AvgIpc) is 2.74. The molecule has 2 heterocycles. The maximum atomic E-state index is 12.9. The molecule has 0 unspecified atom stereocenters. The molecule has 0 aliphatic carbocycles. The van der Waals surface area contributed by atoms with E-state index in [-0.39, 0.29) is 11.9 Å². The second-order valence-corrected chi connectivity index (χ2v) is 7.10. The normalized spacial score (nSPS) is 14.0. The summed E-state index contributed by atoms with van der Waals surface area (Å²) < 4.78 is 10.9. The Labute approximate surface area is 172 Å². The number of amides is 1. The summed E-state index contributed by atoms with van der Waals surface area (Å²) in [5.41, 5.74) is 1.02. The number of hydrogen-bond acceptors (Lipinski definition) is 6. The topological polar surface area (TPSA) is 72.0 Å². The van der Waals surface area contributed by atoms with Crippen LogP contribution in [-0.2, 0) is 4.74 Å². The highest BCUT2D eigenvalue weighted by Crippen LogP contribution is 2.25. The molecule has 1 amide bonds. The van der Waals surface area contributed by atoms with Crippen molar-refractivity contribution in [2.45, 2.75) is 6.92 Å². The van der Waals surface area contributed by atoms with E-state index in [0.29, 0.717) is 49.7 Å². The van der Waals surface area contributed by atoms with Gasteiger partial charge in [-0.1, -0.05) is 0 Å². The molecule has 1 aliphatic heterocycles. The lowest BCUT2D eigenvalue weighted by atomic mass is 10.1. The van der Waals surface area contributed by atoms with Crippen LogP contribution < -0.4 is 9.64 Å². The number of carbonyl (C=O) groups is 2. The van der Waals surface area contributed by atoms with Crippen LogP contribution in [0.4, 0.5) is 5.82 Å². The number of carbonyl (C=O) groups excluding carboxylic acids is 2. The lowest BCUT2D eigenvalue weighted by Gasteiger charge is -2.35. The fourth-order valence-corrected chi connectivity index (χ4v) is 3.43. The zero-order chi connectivity index (χ0) is 20.1. The molecule has 2 aromatic rings. The maximum absolute atomic E-state index is 12.9. The standard InChI is InChI=1S/C20H22BrN3O4/c1-3-28-20(26)14-4-7-18(22-13-14)23-8-10-24(11-9-23)19(25)16-12-15(27-2)5-6-17(16)21/h4-7,12-13H,3,8-11H2,1-2H3. The number of halogens is 1. The average molecular weight is 448 g/mol. The molecule has 28 heavy (non-hydrogen) atoms. The number of benzene rings is 1. The van der Waals surface area contributed by atoms with Crippen LogP contribution in [0.2, 0.25) is 0 Å². The van der Waals surface area contributed by atoms with Crippen LogP contribution in [0.15, 0.2) is 41.0 Å². The summed E-state index contributed by atoms with van der Waals surface area (Å²) in [4.78, 5) is 32.9. The van der Waals surface area contributed by atoms with Crippen LogP contribution in [0.25, 0.3) is 0 Å². The molecular formula is C20H22BrN3O4. The number of esters is 1. The van der Waals surface area contributed by atoms with E-state index in [0.717, 1.165) is 10.3 Å². The van der Waals surface area contributed by atoms with Gasteiger partial charge in [-0.2, -0.15) is 0 Å². The Hall–Kier alpha value is -2.61. The maximum Gasteiger partial charge on any atom is 0.339 e. The Morgan fingerprint density at radius 2 is 1.89 bits per heavy atom. The molecule has 0 atom stereocenters. The molecule has 0 saturated carbocycles. The van der Waals surface area contributed by atoms with Crippen molar-refractivity contribution in [2.75, 3.05) is 44.8 Å². The van der Waals surface area contributed by atoms with Gasteiger partial charge in [0.15, 0.2) is 0 Å². The van der Waals surface area contributed by atoms with Crippen molar-refractivity contribution in [1.82, 2.24) is 9.88 Å². The molecule has 3 rings (SSSR count). The molecule has 7 nitrogen and oxygen atoms in total. The van der Waals surface area contributed by atoms with Crippen LogP contribution in [-0.4, -0.2) is 61.7 Å². The summed E-state index contributed by atoms with van der Waals surface area (Å²) in [6.07, 6.45) is 1.53. The van der Waals surface area contributed by atoms with Crippen molar-refractivity contribution < 1.29 is 19.1 Å². The summed E-state index contributed by atoms with van der Waals surface area (Å²) in [5.74, 6) is 1.02. The molecule has 1 fully saturated rings. The van der Waals surface area contributed by atoms with Gasteiger partial charge in [-0.05, 0) is 53.2 Å². The Bertz CT molecular complexity index is 849. The molecule has 0 N–H and O–H groups in total. The van der Waals surface area contributed by atoms with Crippen molar-refractivity contribution in [3.63, 3.8) is 0 Å². The van der Waals surface area contributed by atoms with Gasteiger partial charge in [0.2, 0.25) is 0 Å². The van der Waals surface area contributed by atoms with Gasteiger partial charge in [0.1, 0.15) is 11.6 Å². The third kappa shape index (κ3) is 4.44. The highest BCUT2D eigenvalue weighted by Gasteiger charge is 2.24. The highest BCUT2D eigenvalue weighted by atomic mass is 79.9. The molecule has 0 radical (unpaired) electrons. The lowest BCUT2D eigenvalue weighted by molar-refractivity contribution is 0.0525. The van der Waals surface area contributed by atoms with Crippen LogP contribution >= 0.6 is 15.9 Å². The van der Waals surface area contributed by atoms with Crippen molar-refractivity contribution in [1.29, 1.82) is 0 Å². The van der Waals surface area contributed by atoms with Crippen molar-refractivity contribution >= 4 is 33.6 Å². The fraction of sp³-hybridized carbons (Fsp3) is 0.350. The third-order valence-corrected chi connectivity index (χ3v) is 5.25. The number of aromatic nitrogens is 1. The van der Waals surface area contributed by atoms with E-state index in [1.54, 1.807) is 26.2 Å². The number of piperazine rings is 1. The molecule has 1 saturated heterocycles. The zero-order valence-corrected chi connectivity index (χ0v) is 17.4. The van der Waals surface area contributed by atoms with Gasteiger partial charge in [-0.3, -0.25) is 4.79 Å². The Morgan fingerprint density at radius 3 is 2.50 bits per heavy atom. The monoisotopic (exact) mass is 447 g/mol. The minimum absolute atomic E-state index is 0.0314. The molecular weight excluding hydrogens is 426 g/mol. The minimum Gasteiger partial charge on any atom is -0.497 e. The van der Waals surface area contributed by atoms with Crippen LogP contribution in [0, 0.1) is 0 Å². The van der Waals surface area contributed by atoms with Crippen molar-refractivity contribution in [3.8, 4) is 5.75 Å². The van der Waals surface area contributed by atoms with Gasteiger partial charge in [-0.25, -0.2) is 9.78 Å². The van der Waals surface area contributed by atoms with E-state index in [2.05, 4.69) is 25.8 Å². The zero-order valence-electron chi connectivity index (χ0n) is 15.9. The molecule has 0 bridgehead atoms. The number of methoxy groups -OCH3 is 1. The smallest absolute Gasteiger partial charge is 0.339 e. The van der Waals surface area contributed by atoms with E-state index in [4.69, 9.17) is 9.47 Å². The van der Waals surface area contributed by atoms with E-state index in [9.17, 15) is 9.59 Å². The second kappa shape index (κ2) is 9.05. The predicted molar refractivity (Wildman–Crippen MR) is 109 cm³/mol. The third-order valence-electron chi connectivity index (χ3n) is 4.55. The lowest BCUT2D eigenvalue weighted by Crippen LogP contribution is -2.49. The fourth-order valence-electron chi connectivity index (χ4n) is 3.01. The SMILES string of the molecule is CCOC(=O)c1ccc(N2CCN(C(=O)c3cc(OC)ccc3Br)CC2)nc1. The second-order valence-electron chi connectivity index (χ2n) is 6.25. The number of rotatable bonds is 5. The van der Waals surface area contributed by atoms with Gasteiger partial charge in [-0.15, -0.1) is 0 Å².